The highest BCUT2D eigenvalue weighted by Crippen LogP contribution is 2.12. The highest BCUT2D eigenvalue weighted by Gasteiger charge is 2.29. The SMILES string of the molecule is CC(C)CC(C(=O)NO)C(=O)N[C@@H](C)C(=O)NCc1ccccc1. The van der Waals surface area contributed by atoms with E-state index < -0.39 is 23.8 Å². The quantitative estimate of drug-likeness (QED) is 0.323. The highest BCUT2D eigenvalue weighted by molar-refractivity contribution is 6.01. The maximum atomic E-state index is 12.2. The average Bonchev–Trinajstić information content (AvgIpc) is 2.57. The summed E-state index contributed by atoms with van der Waals surface area (Å²) in [5, 5.41) is 14.0. The zero-order valence-electron chi connectivity index (χ0n) is 14.2. The number of carbonyl (C=O) groups is 3. The molecule has 7 nitrogen and oxygen atoms in total. The van der Waals surface area contributed by atoms with Gasteiger partial charge in [-0.15, -0.1) is 0 Å². The molecule has 0 saturated carbocycles. The number of benzene rings is 1. The van der Waals surface area contributed by atoms with E-state index >= 15 is 0 Å². The van der Waals surface area contributed by atoms with Crippen LogP contribution in [0.1, 0.15) is 32.8 Å². The molecule has 2 atom stereocenters. The molecule has 0 aliphatic rings. The Balaban J connectivity index is 2.56. The van der Waals surface area contributed by atoms with E-state index in [0.717, 1.165) is 5.56 Å². The van der Waals surface area contributed by atoms with Crippen molar-refractivity contribution < 1.29 is 19.6 Å². The van der Waals surface area contributed by atoms with Crippen LogP contribution >= 0.6 is 0 Å². The molecule has 0 radical (unpaired) electrons. The van der Waals surface area contributed by atoms with E-state index in [0.29, 0.717) is 6.54 Å². The molecule has 24 heavy (non-hydrogen) atoms. The molecule has 7 heteroatoms. The fraction of sp³-hybridized carbons (Fsp3) is 0.471. The maximum absolute atomic E-state index is 12.2. The lowest BCUT2D eigenvalue weighted by Crippen LogP contribution is -2.49. The first-order valence-electron chi connectivity index (χ1n) is 7.91. The van der Waals surface area contributed by atoms with E-state index in [1.54, 1.807) is 6.92 Å². The fourth-order valence-corrected chi connectivity index (χ4v) is 2.20. The van der Waals surface area contributed by atoms with Crippen molar-refractivity contribution in [1.82, 2.24) is 16.1 Å². The Labute approximate surface area is 141 Å². The first-order chi connectivity index (χ1) is 11.3. The normalized spacial score (nSPS) is 13.0. The molecule has 0 saturated heterocycles. The topological polar surface area (TPSA) is 108 Å². The number of hydrogen-bond donors (Lipinski definition) is 4. The van der Waals surface area contributed by atoms with Crippen molar-refractivity contribution in [2.24, 2.45) is 11.8 Å². The monoisotopic (exact) mass is 335 g/mol. The highest BCUT2D eigenvalue weighted by atomic mass is 16.5. The minimum absolute atomic E-state index is 0.0836. The summed E-state index contributed by atoms with van der Waals surface area (Å²) in [5.74, 6) is -2.67. The molecule has 0 bridgehead atoms. The molecule has 3 amide bonds. The zero-order valence-corrected chi connectivity index (χ0v) is 14.2. The van der Waals surface area contributed by atoms with Gasteiger partial charge in [-0.05, 0) is 24.8 Å². The van der Waals surface area contributed by atoms with Gasteiger partial charge in [-0.2, -0.15) is 0 Å². The minimum Gasteiger partial charge on any atom is -0.350 e. The van der Waals surface area contributed by atoms with Crippen LogP contribution in [0.5, 0.6) is 0 Å². The lowest BCUT2D eigenvalue weighted by atomic mass is 9.95. The number of hydroxylamine groups is 1. The number of nitrogens with one attached hydrogen (secondary N) is 3. The summed E-state index contributed by atoms with van der Waals surface area (Å²) in [5.41, 5.74) is 2.45. The van der Waals surface area contributed by atoms with Gasteiger partial charge in [0, 0.05) is 6.54 Å². The van der Waals surface area contributed by atoms with E-state index in [1.807, 2.05) is 44.2 Å². The minimum atomic E-state index is -1.04. The molecule has 1 unspecified atom stereocenters. The summed E-state index contributed by atoms with van der Waals surface area (Å²) in [6.07, 6.45) is 0.274. The van der Waals surface area contributed by atoms with Crippen molar-refractivity contribution >= 4 is 17.7 Å². The molecule has 1 rings (SSSR count). The molecule has 0 aliphatic carbocycles. The molecule has 0 spiro atoms. The van der Waals surface area contributed by atoms with Gasteiger partial charge in [0.25, 0.3) is 5.91 Å². The smallest absolute Gasteiger partial charge is 0.255 e. The van der Waals surface area contributed by atoms with Crippen LogP contribution in [-0.2, 0) is 20.9 Å². The molecule has 0 fully saturated rings. The third-order valence-electron chi connectivity index (χ3n) is 3.51. The maximum Gasteiger partial charge on any atom is 0.255 e. The van der Waals surface area contributed by atoms with Gasteiger partial charge in [0.15, 0.2) is 0 Å². The third kappa shape index (κ3) is 6.37. The van der Waals surface area contributed by atoms with Crippen molar-refractivity contribution in [3.8, 4) is 0 Å². The molecule has 0 aromatic heterocycles. The van der Waals surface area contributed by atoms with Gasteiger partial charge in [0.1, 0.15) is 12.0 Å². The van der Waals surface area contributed by atoms with E-state index in [4.69, 9.17) is 5.21 Å². The Kier molecular flexibility index (Phi) is 7.91. The number of rotatable bonds is 8. The zero-order chi connectivity index (χ0) is 18.1. The molecular formula is C17H25N3O4. The largest absolute Gasteiger partial charge is 0.350 e. The molecule has 0 heterocycles. The van der Waals surface area contributed by atoms with Crippen LogP contribution in [0.3, 0.4) is 0 Å². The van der Waals surface area contributed by atoms with Gasteiger partial charge in [-0.25, -0.2) is 5.48 Å². The Morgan fingerprint density at radius 3 is 2.17 bits per heavy atom. The second-order valence-corrected chi connectivity index (χ2v) is 6.09. The number of carbonyl (C=O) groups excluding carboxylic acids is 3. The first kappa shape index (κ1) is 19.6. The summed E-state index contributed by atoms with van der Waals surface area (Å²) >= 11 is 0. The molecule has 132 valence electrons. The lowest BCUT2D eigenvalue weighted by molar-refractivity contribution is -0.142. The predicted molar refractivity (Wildman–Crippen MR) is 88.8 cm³/mol. The molecular weight excluding hydrogens is 310 g/mol. The van der Waals surface area contributed by atoms with E-state index in [-0.39, 0.29) is 18.2 Å². The standard InChI is InChI=1S/C17H25N3O4/c1-11(2)9-14(17(23)20-24)16(22)19-12(3)15(21)18-10-13-7-5-4-6-8-13/h4-8,11-12,14,24H,9-10H2,1-3H3,(H,18,21)(H,19,22)(H,20,23)/t12-,14?/m0/s1. The first-order valence-corrected chi connectivity index (χ1v) is 7.91. The molecule has 1 aromatic rings. The number of hydrogen-bond acceptors (Lipinski definition) is 4. The summed E-state index contributed by atoms with van der Waals surface area (Å²) in [6.45, 7) is 5.62. The summed E-state index contributed by atoms with van der Waals surface area (Å²) < 4.78 is 0. The van der Waals surface area contributed by atoms with Crippen LogP contribution in [0.25, 0.3) is 0 Å². The van der Waals surface area contributed by atoms with Gasteiger partial charge in [0.05, 0.1) is 0 Å². The van der Waals surface area contributed by atoms with Crippen LogP contribution in [0, 0.1) is 11.8 Å². The third-order valence-corrected chi connectivity index (χ3v) is 3.51. The Morgan fingerprint density at radius 2 is 1.62 bits per heavy atom. The van der Waals surface area contributed by atoms with Gasteiger partial charge >= 0.3 is 0 Å². The van der Waals surface area contributed by atoms with Gasteiger partial charge in [0.2, 0.25) is 11.8 Å². The van der Waals surface area contributed by atoms with Crippen molar-refractivity contribution in [2.45, 2.75) is 39.8 Å². The lowest BCUT2D eigenvalue weighted by Gasteiger charge is -2.20. The molecule has 1 aromatic carbocycles. The van der Waals surface area contributed by atoms with Crippen molar-refractivity contribution in [1.29, 1.82) is 0 Å². The number of amides is 3. The van der Waals surface area contributed by atoms with E-state index in [1.165, 1.54) is 5.48 Å². The fourth-order valence-electron chi connectivity index (χ4n) is 2.20. The molecule has 0 aliphatic heterocycles. The Morgan fingerprint density at radius 1 is 1.00 bits per heavy atom. The van der Waals surface area contributed by atoms with Crippen molar-refractivity contribution in [3.63, 3.8) is 0 Å². The average molecular weight is 335 g/mol. The predicted octanol–water partition coefficient (Wildman–Crippen LogP) is 0.975. The van der Waals surface area contributed by atoms with Crippen molar-refractivity contribution in [2.75, 3.05) is 0 Å². The Hall–Kier alpha value is -2.41. The van der Waals surface area contributed by atoms with Crippen LogP contribution in [0.15, 0.2) is 30.3 Å². The summed E-state index contributed by atoms with van der Waals surface area (Å²) in [6, 6.07) is 8.60. The second kappa shape index (κ2) is 9.67. The van der Waals surface area contributed by atoms with Gasteiger partial charge in [-0.3, -0.25) is 19.6 Å². The van der Waals surface area contributed by atoms with Gasteiger partial charge in [-0.1, -0.05) is 44.2 Å². The van der Waals surface area contributed by atoms with Crippen LogP contribution in [0.4, 0.5) is 0 Å². The Bertz CT molecular complexity index is 560. The van der Waals surface area contributed by atoms with Crippen LogP contribution < -0.4 is 16.1 Å². The van der Waals surface area contributed by atoms with Gasteiger partial charge < -0.3 is 10.6 Å². The second-order valence-electron chi connectivity index (χ2n) is 6.09. The van der Waals surface area contributed by atoms with E-state index in [9.17, 15) is 14.4 Å². The summed E-state index contributed by atoms with van der Waals surface area (Å²) in [4.78, 5) is 35.9. The van der Waals surface area contributed by atoms with Crippen molar-refractivity contribution in [3.05, 3.63) is 35.9 Å². The molecule has 4 N–H and O–H groups in total. The summed E-state index contributed by atoms with van der Waals surface area (Å²) in [7, 11) is 0. The van der Waals surface area contributed by atoms with E-state index in [2.05, 4.69) is 10.6 Å². The van der Waals surface area contributed by atoms with Crippen LogP contribution in [-0.4, -0.2) is 29.0 Å². The van der Waals surface area contributed by atoms with Crippen LogP contribution in [0.2, 0.25) is 0 Å².